The predicted octanol–water partition coefficient (Wildman–Crippen LogP) is 4.01. The van der Waals surface area contributed by atoms with Crippen LogP contribution in [0.4, 0.5) is 4.79 Å². The van der Waals surface area contributed by atoms with Crippen LogP contribution in [0.2, 0.25) is 0 Å². The third-order valence-electron chi connectivity index (χ3n) is 6.13. The first kappa shape index (κ1) is 21.7. The molecule has 2 fully saturated rings. The van der Waals surface area contributed by atoms with Crippen LogP contribution in [-0.4, -0.2) is 61.8 Å². The average molecular weight is 424 g/mol. The van der Waals surface area contributed by atoms with Crippen LogP contribution in [0.5, 0.6) is 5.75 Å². The third kappa shape index (κ3) is 5.57. The predicted molar refractivity (Wildman–Crippen MR) is 121 cm³/mol. The minimum Gasteiger partial charge on any atom is -0.494 e. The molecule has 2 aliphatic heterocycles. The first-order valence-corrected chi connectivity index (χ1v) is 11.4. The second-order valence-corrected chi connectivity index (χ2v) is 8.18. The molecule has 0 radical (unpaired) electrons. The maximum atomic E-state index is 13.4. The number of carbonyl (C=O) groups excluding carboxylic acids is 1. The maximum absolute atomic E-state index is 13.4. The molecule has 2 unspecified atom stereocenters. The van der Waals surface area contributed by atoms with E-state index in [9.17, 15) is 4.79 Å². The summed E-state index contributed by atoms with van der Waals surface area (Å²) in [6, 6.07) is 18.5. The monoisotopic (exact) mass is 423 g/mol. The smallest absolute Gasteiger partial charge is 0.318 e. The van der Waals surface area contributed by atoms with Gasteiger partial charge in [-0.25, -0.2) is 4.79 Å². The van der Waals surface area contributed by atoms with E-state index >= 15 is 0 Å². The van der Waals surface area contributed by atoms with Crippen LogP contribution in [-0.2, 0) is 4.74 Å². The summed E-state index contributed by atoms with van der Waals surface area (Å²) < 4.78 is 11.1. The fraction of sp³-hybridized carbons (Fsp3) is 0.480. The highest BCUT2D eigenvalue weighted by atomic mass is 16.5. The van der Waals surface area contributed by atoms with Crippen molar-refractivity contribution in [2.45, 2.75) is 31.8 Å². The fourth-order valence-corrected chi connectivity index (χ4v) is 4.50. The SMILES string of the molecule is CCOc1ccc(C2CCCN2C(=O)NC(CN2CCOCC2)c2ccccc2)cc1. The topological polar surface area (TPSA) is 54.0 Å². The summed E-state index contributed by atoms with van der Waals surface area (Å²) in [5.41, 5.74) is 2.31. The Kier molecular flexibility index (Phi) is 7.43. The number of urea groups is 1. The van der Waals surface area contributed by atoms with Gasteiger partial charge < -0.3 is 19.7 Å². The van der Waals surface area contributed by atoms with E-state index in [-0.39, 0.29) is 18.1 Å². The van der Waals surface area contributed by atoms with Crippen LogP contribution in [0.3, 0.4) is 0 Å². The molecule has 0 aromatic heterocycles. The van der Waals surface area contributed by atoms with Gasteiger partial charge in [0.05, 0.1) is 31.9 Å². The number of hydrogen-bond donors (Lipinski definition) is 1. The van der Waals surface area contributed by atoms with E-state index in [0.717, 1.165) is 63.5 Å². The minimum absolute atomic E-state index is 0.0125. The molecule has 0 spiro atoms. The van der Waals surface area contributed by atoms with E-state index in [0.29, 0.717) is 6.61 Å². The van der Waals surface area contributed by atoms with Gasteiger partial charge in [0.2, 0.25) is 0 Å². The molecule has 166 valence electrons. The number of hydrogen-bond acceptors (Lipinski definition) is 4. The van der Waals surface area contributed by atoms with Gasteiger partial charge in [0.15, 0.2) is 0 Å². The zero-order valence-corrected chi connectivity index (χ0v) is 18.3. The van der Waals surface area contributed by atoms with Gasteiger partial charge in [-0.2, -0.15) is 0 Å². The molecule has 6 heteroatoms. The molecule has 0 bridgehead atoms. The van der Waals surface area contributed by atoms with E-state index in [1.807, 2.05) is 42.2 Å². The summed E-state index contributed by atoms with van der Waals surface area (Å²) in [5.74, 6) is 0.870. The van der Waals surface area contributed by atoms with Gasteiger partial charge in [0.1, 0.15) is 5.75 Å². The standard InChI is InChI=1S/C25H33N3O3/c1-2-31-22-12-10-21(11-13-22)24-9-6-14-28(24)25(29)26-23(20-7-4-3-5-8-20)19-27-15-17-30-18-16-27/h3-5,7-8,10-13,23-24H,2,6,9,14-19H2,1H3,(H,26,29). The van der Waals surface area contributed by atoms with Crippen LogP contribution in [0, 0.1) is 0 Å². The largest absolute Gasteiger partial charge is 0.494 e. The molecule has 2 atom stereocenters. The van der Waals surface area contributed by atoms with Crippen LogP contribution < -0.4 is 10.1 Å². The van der Waals surface area contributed by atoms with Crippen molar-refractivity contribution in [3.8, 4) is 5.75 Å². The molecule has 2 heterocycles. The van der Waals surface area contributed by atoms with Crippen molar-refractivity contribution in [1.29, 1.82) is 0 Å². The highest BCUT2D eigenvalue weighted by Gasteiger charge is 2.31. The lowest BCUT2D eigenvalue weighted by molar-refractivity contribution is 0.0336. The van der Waals surface area contributed by atoms with Crippen molar-refractivity contribution >= 4 is 6.03 Å². The Labute approximate surface area is 185 Å². The molecule has 0 saturated carbocycles. The maximum Gasteiger partial charge on any atom is 0.318 e. The molecule has 6 nitrogen and oxygen atoms in total. The number of rotatable bonds is 7. The highest BCUT2D eigenvalue weighted by Crippen LogP contribution is 2.33. The lowest BCUT2D eigenvalue weighted by Crippen LogP contribution is -2.46. The van der Waals surface area contributed by atoms with Crippen molar-refractivity contribution in [2.75, 3.05) is 46.0 Å². The van der Waals surface area contributed by atoms with Crippen molar-refractivity contribution in [1.82, 2.24) is 15.1 Å². The third-order valence-corrected chi connectivity index (χ3v) is 6.13. The van der Waals surface area contributed by atoms with E-state index in [2.05, 4.69) is 34.5 Å². The molecular weight excluding hydrogens is 390 g/mol. The molecule has 31 heavy (non-hydrogen) atoms. The number of amides is 2. The van der Waals surface area contributed by atoms with Crippen LogP contribution in [0.15, 0.2) is 54.6 Å². The Morgan fingerprint density at radius 3 is 2.55 bits per heavy atom. The second kappa shape index (κ2) is 10.6. The Hall–Kier alpha value is -2.57. The van der Waals surface area contributed by atoms with Crippen molar-refractivity contribution in [2.24, 2.45) is 0 Å². The van der Waals surface area contributed by atoms with Gasteiger partial charge in [-0.15, -0.1) is 0 Å². The Morgan fingerprint density at radius 2 is 1.84 bits per heavy atom. The Balaban J connectivity index is 1.46. The molecule has 2 aromatic carbocycles. The number of nitrogens with one attached hydrogen (secondary N) is 1. The molecule has 2 saturated heterocycles. The van der Waals surface area contributed by atoms with Crippen molar-refractivity contribution in [3.63, 3.8) is 0 Å². The lowest BCUT2D eigenvalue weighted by Gasteiger charge is -2.33. The lowest BCUT2D eigenvalue weighted by atomic mass is 10.0. The summed E-state index contributed by atoms with van der Waals surface area (Å²) in [5, 5.41) is 3.33. The average Bonchev–Trinajstić information content (AvgIpc) is 3.31. The van der Waals surface area contributed by atoms with Gasteiger partial charge in [-0.1, -0.05) is 42.5 Å². The van der Waals surface area contributed by atoms with Crippen molar-refractivity contribution in [3.05, 3.63) is 65.7 Å². The highest BCUT2D eigenvalue weighted by molar-refractivity contribution is 5.75. The van der Waals surface area contributed by atoms with Gasteiger partial charge in [0.25, 0.3) is 0 Å². The molecule has 2 amide bonds. The van der Waals surface area contributed by atoms with Crippen molar-refractivity contribution < 1.29 is 14.3 Å². The van der Waals surface area contributed by atoms with E-state index in [1.54, 1.807) is 0 Å². The number of benzene rings is 2. The number of ether oxygens (including phenoxy) is 2. The summed E-state index contributed by atoms with van der Waals surface area (Å²) in [4.78, 5) is 17.7. The quantitative estimate of drug-likeness (QED) is 0.731. The summed E-state index contributed by atoms with van der Waals surface area (Å²) in [7, 11) is 0. The van der Waals surface area contributed by atoms with Crippen LogP contribution in [0.25, 0.3) is 0 Å². The van der Waals surface area contributed by atoms with Gasteiger partial charge in [0, 0.05) is 26.2 Å². The van der Waals surface area contributed by atoms with Crippen LogP contribution >= 0.6 is 0 Å². The number of likely N-dealkylation sites (tertiary alicyclic amines) is 1. The molecular formula is C25H33N3O3. The molecule has 2 aliphatic rings. The zero-order valence-electron chi connectivity index (χ0n) is 18.3. The number of carbonyl (C=O) groups is 1. The zero-order chi connectivity index (χ0) is 21.5. The number of nitrogens with zero attached hydrogens (tertiary/aromatic N) is 2. The number of morpholine rings is 1. The molecule has 2 aromatic rings. The fourth-order valence-electron chi connectivity index (χ4n) is 4.50. The summed E-state index contributed by atoms with van der Waals surface area (Å²) in [6.07, 6.45) is 2.01. The molecule has 1 N–H and O–H groups in total. The van der Waals surface area contributed by atoms with E-state index in [1.165, 1.54) is 5.56 Å². The Morgan fingerprint density at radius 1 is 1.10 bits per heavy atom. The van der Waals surface area contributed by atoms with Crippen LogP contribution in [0.1, 0.15) is 43.0 Å². The first-order valence-electron chi connectivity index (χ1n) is 11.4. The van der Waals surface area contributed by atoms with Gasteiger partial charge >= 0.3 is 6.03 Å². The first-order chi connectivity index (χ1) is 15.2. The van der Waals surface area contributed by atoms with E-state index in [4.69, 9.17) is 9.47 Å². The molecule has 0 aliphatic carbocycles. The summed E-state index contributed by atoms with van der Waals surface area (Å²) >= 11 is 0. The van der Waals surface area contributed by atoms with Gasteiger partial charge in [-0.05, 0) is 43.0 Å². The summed E-state index contributed by atoms with van der Waals surface area (Å²) in [6.45, 7) is 7.51. The molecule has 4 rings (SSSR count). The normalized spacial score (nSPS) is 20.4. The second-order valence-electron chi connectivity index (χ2n) is 8.18. The van der Waals surface area contributed by atoms with Gasteiger partial charge in [-0.3, -0.25) is 4.90 Å². The van der Waals surface area contributed by atoms with E-state index < -0.39 is 0 Å². The Bertz CT molecular complexity index is 822. The minimum atomic E-state index is -0.0478.